The third kappa shape index (κ3) is 3.86. The van der Waals surface area contributed by atoms with E-state index in [1.807, 2.05) is 6.26 Å². The average Bonchev–Trinajstić information content (AvgIpc) is 2.27. The zero-order valence-corrected chi connectivity index (χ0v) is 13.5. The van der Waals surface area contributed by atoms with Crippen LogP contribution in [0.15, 0.2) is 34.1 Å². The van der Waals surface area contributed by atoms with Gasteiger partial charge in [0.1, 0.15) is 0 Å². The molecule has 0 aromatic heterocycles. The Labute approximate surface area is 119 Å². The fourth-order valence-electron chi connectivity index (χ4n) is 1.16. The zero-order chi connectivity index (χ0) is 14.9. The summed E-state index contributed by atoms with van der Waals surface area (Å²) in [4.78, 5) is 38.2. The Balaban J connectivity index is 3.16. The Kier molecular flexibility index (Phi) is 5.38. The van der Waals surface area contributed by atoms with Crippen molar-refractivity contribution in [2.75, 3.05) is 6.26 Å². The molecule has 0 heterocycles. The van der Waals surface area contributed by atoms with Crippen LogP contribution in [0.25, 0.3) is 0 Å². The van der Waals surface area contributed by atoms with Crippen molar-refractivity contribution in [2.45, 2.75) is 20.9 Å². The van der Waals surface area contributed by atoms with Gasteiger partial charge in [-0.15, -0.1) is 11.8 Å². The van der Waals surface area contributed by atoms with E-state index in [2.05, 4.69) is 0 Å². The summed E-state index contributed by atoms with van der Waals surface area (Å²) >= 11 is 1.98. The third-order valence-electron chi connectivity index (χ3n) is 2.45. The highest BCUT2D eigenvalue weighted by atomic mass is 32.2. The van der Waals surface area contributed by atoms with Crippen LogP contribution in [0.3, 0.4) is 0 Å². The lowest BCUT2D eigenvalue weighted by Crippen LogP contribution is -2.20. The fourth-order valence-corrected chi connectivity index (χ4v) is 5.22. The van der Waals surface area contributed by atoms with Crippen LogP contribution in [0, 0.1) is 0 Å². The van der Waals surface area contributed by atoms with E-state index < -0.39 is 19.4 Å². The minimum Gasteiger partial charge on any atom is -0.323 e. The molecule has 0 saturated heterocycles. The Morgan fingerprint density at radius 2 is 1.32 bits per heavy atom. The third-order valence-corrected chi connectivity index (χ3v) is 9.79. The van der Waals surface area contributed by atoms with Gasteiger partial charge in [-0.25, -0.2) is 0 Å². The van der Waals surface area contributed by atoms with Gasteiger partial charge in [0.2, 0.25) is 4.23 Å². The molecule has 19 heavy (non-hydrogen) atoms. The van der Waals surface area contributed by atoms with Crippen LogP contribution in [0.5, 0.6) is 0 Å². The van der Waals surface area contributed by atoms with Crippen molar-refractivity contribution in [3.05, 3.63) is 24.3 Å². The zero-order valence-electron chi connectivity index (χ0n) is 10.1. The maximum Gasteiger partial charge on any atom is 0.353 e. The molecule has 4 N–H and O–H groups in total. The molecule has 0 saturated carbocycles. The molecule has 0 unspecified atom stereocenters. The summed E-state index contributed by atoms with van der Waals surface area (Å²) in [5.74, 6) is 0. The van der Waals surface area contributed by atoms with Gasteiger partial charge in [0.05, 0.1) is 0 Å². The molecule has 108 valence electrons. The van der Waals surface area contributed by atoms with E-state index in [0.29, 0.717) is 16.7 Å². The highest BCUT2D eigenvalue weighted by Crippen LogP contribution is 2.74. The topological polar surface area (TPSA) is 115 Å². The van der Waals surface area contributed by atoms with Crippen LogP contribution < -0.4 is 0 Å². The number of hydrogen-bond donors (Lipinski definition) is 4. The SMILES string of the molecule is CSc1ccc(SC(C)(P(=O)(O)O)P(=O)(O)O)cc1. The molecule has 0 radical (unpaired) electrons. The van der Waals surface area contributed by atoms with Crippen molar-refractivity contribution < 1.29 is 28.7 Å². The largest absolute Gasteiger partial charge is 0.353 e. The maximum atomic E-state index is 11.4. The minimum absolute atomic E-state index is 0.381. The first kappa shape index (κ1) is 17.3. The molecule has 0 spiro atoms. The van der Waals surface area contributed by atoms with Gasteiger partial charge >= 0.3 is 15.2 Å². The summed E-state index contributed by atoms with van der Waals surface area (Å²) in [6.07, 6.45) is 1.87. The van der Waals surface area contributed by atoms with Crippen molar-refractivity contribution in [2.24, 2.45) is 0 Å². The molecule has 10 heteroatoms. The van der Waals surface area contributed by atoms with E-state index in [1.165, 1.54) is 11.8 Å². The molecule has 0 amide bonds. The summed E-state index contributed by atoms with van der Waals surface area (Å²) in [7, 11) is -10.00. The molecule has 6 nitrogen and oxygen atoms in total. The van der Waals surface area contributed by atoms with E-state index in [9.17, 15) is 28.7 Å². The second kappa shape index (κ2) is 5.92. The first-order valence-corrected chi connectivity index (χ1v) is 10.2. The van der Waals surface area contributed by atoms with Crippen molar-refractivity contribution in [3.63, 3.8) is 0 Å². The molecular weight excluding hydrogens is 330 g/mol. The van der Waals surface area contributed by atoms with Gasteiger partial charge in [-0.1, -0.05) is 11.8 Å². The maximum absolute atomic E-state index is 11.4. The minimum atomic E-state index is -5.00. The lowest BCUT2D eigenvalue weighted by Gasteiger charge is -2.30. The number of thioether (sulfide) groups is 2. The smallest absolute Gasteiger partial charge is 0.323 e. The molecule has 0 fully saturated rings. The first-order valence-electron chi connectivity index (χ1n) is 4.95. The van der Waals surface area contributed by atoms with Gasteiger partial charge < -0.3 is 19.6 Å². The van der Waals surface area contributed by atoms with Crippen molar-refractivity contribution in [1.82, 2.24) is 0 Å². The molecule has 0 aliphatic heterocycles. The van der Waals surface area contributed by atoms with E-state index in [4.69, 9.17) is 0 Å². The van der Waals surface area contributed by atoms with Gasteiger partial charge in [-0.2, -0.15) is 0 Å². The van der Waals surface area contributed by atoms with Crippen LogP contribution in [0.2, 0.25) is 0 Å². The van der Waals surface area contributed by atoms with Gasteiger partial charge in [-0.05, 0) is 37.4 Å². The lowest BCUT2D eigenvalue weighted by molar-refractivity contribution is 0.336. The van der Waals surface area contributed by atoms with Crippen LogP contribution in [0.4, 0.5) is 0 Å². The molecule has 1 aromatic carbocycles. The van der Waals surface area contributed by atoms with Crippen LogP contribution >= 0.6 is 38.7 Å². The summed E-state index contributed by atoms with van der Waals surface area (Å²) in [5.41, 5.74) is 0. The molecule has 0 bridgehead atoms. The fraction of sp³-hybridized carbons (Fsp3) is 0.333. The Morgan fingerprint density at radius 3 is 1.63 bits per heavy atom. The highest BCUT2D eigenvalue weighted by molar-refractivity contribution is 8.13. The van der Waals surface area contributed by atoms with Gasteiger partial charge in [0, 0.05) is 9.79 Å². The normalized spacial score (nSPS) is 13.6. The summed E-state index contributed by atoms with van der Waals surface area (Å²) in [5, 5.41) is 0. The number of rotatable bonds is 5. The van der Waals surface area contributed by atoms with Gasteiger partial charge in [0.15, 0.2) is 0 Å². The van der Waals surface area contributed by atoms with E-state index >= 15 is 0 Å². The second-order valence-electron chi connectivity index (χ2n) is 3.80. The van der Waals surface area contributed by atoms with Crippen molar-refractivity contribution in [3.8, 4) is 0 Å². The van der Waals surface area contributed by atoms with E-state index in [0.717, 1.165) is 11.8 Å². The monoisotopic (exact) mass is 344 g/mol. The Hall–Kier alpha value is 0.220. The summed E-state index contributed by atoms with van der Waals surface area (Å²) < 4.78 is 20.3. The molecule has 0 aliphatic rings. The number of hydrogen-bond acceptors (Lipinski definition) is 4. The molecule has 1 rings (SSSR count). The molecular formula is C9H14O6P2S2. The Morgan fingerprint density at radius 1 is 0.947 bits per heavy atom. The molecule has 1 aromatic rings. The van der Waals surface area contributed by atoms with E-state index in [-0.39, 0.29) is 0 Å². The van der Waals surface area contributed by atoms with E-state index in [1.54, 1.807) is 24.3 Å². The summed E-state index contributed by atoms with van der Waals surface area (Å²) in [6, 6.07) is 6.57. The Bertz CT molecular complexity index is 512. The van der Waals surface area contributed by atoms with Gasteiger partial charge in [-0.3, -0.25) is 9.13 Å². The average molecular weight is 344 g/mol. The molecule has 0 atom stereocenters. The van der Waals surface area contributed by atoms with Crippen LogP contribution in [-0.4, -0.2) is 30.1 Å². The van der Waals surface area contributed by atoms with Crippen LogP contribution in [0.1, 0.15) is 6.92 Å². The quantitative estimate of drug-likeness (QED) is 0.476. The lowest BCUT2D eigenvalue weighted by atomic mass is 10.4. The van der Waals surface area contributed by atoms with Crippen molar-refractivity contribution >= 4 is 38.7 Å². The molecule has 0 aliphatic carbocycles. The number of benzene rings is 1. The van der Waals surface area contributed by atoms with Gasteiger partial charge in [0.25, 0.3) is 0 Å². The predicted octanol–water partition coefficient (Wildman–Crippen LogP) is 2.53. The van der Waals surface area contributed by atoms with Crippen LogP contribution in [-0.2, 0) is 9.13 Å². The predicted molar refractivity (Wildman–Crippen MR) is 76.6 cm³/mol. The highest BCUT2D eigenvalue weighted by Gasteiger charge is 2.57. The first-order chi connectivity index (χ1) is 8.51. The second-order valence-corrected chi connectivity index (χ2v) is 11.1. The standard InChI is InChI=1S/C9H14O6P2S2/c1-9(16(10,11)12,17(13,14)15)19-8-5-3-7(18-2)4-6-8/h3-6H,1-2H3,(H2,10,11,12)(H2,13,14,15). The summed E-state index contributed by atoms with van der Waals surface area (Å²) in [6.45, 7) is 0.877. The van der Waals surface area contributed by atoms with Crippen molar-refractivity contribution in [1.29, 1.82) is 0 Å².